The third-order valence-corrected chi connectivity index (χ3v) is 4.89. The molecule has 2 aromatic carbocycles. The number of hydrogen-bond donors (Lipinski definition) is 3. The number of aliphatic hydroxyl groups is 1. The highest BCUT2D eigenvalue weighted by Crippen LogP contribution is 2.23. The van der Waals surface area contributed by atoms with Crippen LogP contribution in [0.3, 0.4) is 0 Å². The number of carbonyl (C=O) groups excluding carboxylic acids is 1. The number of phenolic OH excluding ortho intramolecular Hbond substituents is 1. The average Bonchev–Trinajstić information content (AvgIpc) is 2.77. The predicted molar refractivity (Wildman–Crippen MR) is 117 cm³/mol. The molecule has 164 valence electrons. The second-order valence-corrected chi connectivity index (χ2v) is 7.25. The van der Waals surface area contributed by atoms with Gasteiger partial charge in [-0.2, -0.15) is 0 Å². The maximum Gasteiger partial charge on any atom is 0.341 e. The van der Waals surface area contributed by atoms with Crippen molar-refractivity contribution >= 4 is 5.97 Å². The van der Waals surface area contributed by atoms with Crippen molar-refractivity contribution in [2.45, 2.75) is 38.2 Å². The lowest BCUT2D eigenvalue weighted by Gasteiger charge is -2.14. The predicted octanol–water partition coefficient (Wildman–Crippen LogP) is 3.62. The zero-order chi connectivity index (χ0) is 21.6. The summed E-state index contributed by atoms with van der Waals surface area (Å²) in [6.45, 7) is 2.68. The van der Waals surface area contributed by atoms with Crippen molar-refractivity contribution in [2.24, 2.45) is 0 Å². The minimum Gasteiger partial charge on any atom is -0.507 e. The molecule has 6 nitrogen and oxygen atoms in total. The lowest BCUT2D eigenvalue weighted by Crippen LogP contribution is -2.23. The van der Waals surface area contributed by atoms with E-state index < -0.39 is 12.1 Å². The second kappa shape index (κ2) is 13.7. The van der Waals surface area contributed by atoms with Gasteiger partial charge in [-0.1, -0.05) is 36.4 Å². The Morgan fingerprint density at radius 3 is 2.50 bits per heavy atom. The van der Waals surface area contributed by atoms with Crippen molar-refractivity contribution in [1.82, 2.24) is 5.32 Å². The van der Waals surface area contributed by atoms with Gasteiger partial charge in [0.25, 0.3) is 0 Å². The van der Waals surface area contributed by atoms with Gasteiger partial charge in [0.05, 0.1) is 13.2 Å². The summed E-state index contributed by atoms with van der Waals surface area (Å²) in [5.41, 5.74) is 1.98. The van der Waals surface area contributed by atoms with Crippen LogP contribution in [0.2, 0.25) is 0 Å². The number of hydrogen-bond acceptors (Lipinski definition) is 6. The van der Waals surface area contributed by atoms with Crippen molar-refractivity contribution in [3.63, 3.8) is 0 Å². The van der Waals surface area contributed by atoms with E-state index in [9.17, 15) is 15.0 Å². The van der Waals surface area contributed by atoms with Crippen LogP contribution in [0, 0.1) is 0 Å². The fourth-order valence-electron chi connectivity index (χ4n) is 3.13. The monoisotopic (exact) mass is 415 g/mol. The average molecular weight is 416 g/mol. The molecule has 0 heterocycles. The van der Waals surface area contributed by atoms with E-state index >= 15 is 0 Å². The number of aryl methyl sites for hydroxylation is 1. The number of aliphatic hydroxyl groups excluding tert-OH is 1. The molecule has 0 spiro atoms. The van der Waals surface area contributed by atoms with E-state index in [1.807, 2.05) is 6.07 Å². The first-order valence-electron chi connectivity index (χ1n) is 10.5. The van der Waals surface area contributed by atoms with Gasteiger partial charge in [0, 0.05) is 19.8 Å². The van der Waals surface area contributed by atoms with Gasteiger partial charge in [-0.3, -0.25) is 0 Å². The highest BCUT2D eigenvalue weighted by molar-refractivity contribution is 5.92. The van der Waals surface area contributed by atoms with Crippen molar-refractivity contribution in [3.05, 3.63) is 65.2 Å². The minimum absolute atomic E-state index is 0.0509. The molecule has 0 unspecified atom stereocenters. The largest absolute Gasteiger partial charge is 0.507 e. The third-order valence-electron chi connectivity index (χ3n) is 4.89. The number of carbonyl (C=O) groups is 1. The SMILES string of the molecule is COC(=O)c1cc([C@@H](O)CNCCCCOCCCCc2ccccc2)ccc1O. The summed E-state index contributed by atoms with van der Waals surface area (Å²) >= 11 is 0. The van der Waals surface area contributed by atoms with E-state index in [-0.39, 0.29) is 11.3 Å². The zero-order valence-corrected chi connectivity index (χ0v) is 17.7. The number of nitrogens with one attached hydrogen (secondary N) is 1. The summed E-state index contributed by atoms with van der Waals surface area (Å²) in [5.74, 6) is -0.791. The number of benzene rings is 2. The molecule has 0 amide bonds. The number of esters is 1. The van der Waals surface area contributed by atoms with Gasteiger partial charge >= 0.3 is 5.97 Å². The van der Waals surface area contributed by atoms with Gasteiger partial charge in [0.15, 0.2) is 0 Å². The molecule has 0 aliphatic heterocycles. The molecule has 0 radical (unpaired) electrons. The van der Waals surface area contributed by atoms with Gasteiger partial charge in [-0.05, 0) is 61.9 Å². The van der Waals surface area contributed by atoms with Crippen molar-refractivity contribution < 1.29 is 24.5 Å². The molecule has 0 aliphatic rings. The fraction of sp³-hybridized carbons (Fsp3) is 0.458. The summed E-state index contributed by atoms with van der Waals surface area (Å²) in [6.07, 6.45) is 4.46. The zero-order valence-electron chi connectivity index (χ0n) is 17.7. The smallest absolute Gasteiger partial charge is 0.341 e. The first-order chi connectivity index (χ1) is 14.6. The van der Waals surface area contributed by atoms with E-state index in [4.69, 9.17) is 4.74 Å². The van der Waals surface area contributed by atoms with Crippen molar-refractivity contribution in [3.8, 4) is 5.75 Å². The molecule has 2 rings (SSSR count). The number of methoxy groups -OCH3 is 1. The molecule has 30 heavy (non-hydrogen) atoms. The summed E-state index contributed by atoms with van der Waals surface area (Å²) in [6, 6.07) is 14.9. The Morgan fingerprint density at radius 2 is 1.77 bits per heavy atom. The topological polar surface area (TPSA) is 88.0 Å². The van der Waals surface area contributed by atoms with Gasteiger partial charge in [-0.15, -0.1) is 0 Å². The van der Waals surface area contributed by atoms with Crippen LogP contribution in [0.5, 0.6) is 5.75 Å². The summed E-state index contributed by atoms with van der Waals surface area (Å²) < 4.78 is 10.3. The Morgan fingerprint density at radius 1 is 1.03 bits per heavy atom. The summed E-state index contributed by atoms with van der Waals surface area (Å²) in [4.78, 5) is 11.6. The van der Waals surface area contributed by atoms with Crippen LogP contribution < -0.4 is 5.32 Å². The summed E-state index contributed by atoms with van der Waals surface area (Å²) in [7, 11) is 1.25. The van der Waals surface area contributed by atoms with E-state index in [1.165, 1.54) is 24.8 Å². The molecule has 6 heteroatoms. The van der Waals surface area contributed by atoms with E-state index in [2.05, 4.69) is 34.3 Å². The van der Waals surface area contributed by atoms with Crippen molar-refractivity contribution in [1.29, 1.82) is 0 Å². The van der Waals surface area contributed by atoms with Crippen LogP contribution in [0.4, 0.5) is 0 Å². The number of ether oxygens (including phenoxy) is 2. The van der Waals surface area contributed by atoms with Gasteiger partial charge in [0.2, 0.25) is 0 Å². The lowest BCUT2D eigenvalue weighted by atomic mass is 10.0. The van der Waals surface area contributed by atoms with Crippen LogP contribution in [0.25, 0.3) is 0 Å². The number of rotatable bonds is 14. The molecule has 0 saturated carbocycles. The molecule has 0 bridgehead atoms. The molecular weight excluding hydrogens is 382 g/mol. The van der Waals surface area contributed by atoms with Gasteiger partial charge in [0.1, 0.15) is 11.3 Å². The molecule has 0 aliphatic carbocycles. The molecular formula is C24H33NO5. The molecule has 1 atom stereocenters. The number of unbranched alkanes of at least 4 members (excludes halogenated alkanes) is 2. The minimum atomic E-state index is -0.769. The maximum absolute atomic E-state index is 11.6. The molecule has 3 N–H and O–H groups in total. The van der Waals surface area contributed by atoms with Crippen LogP contribution >= 0.6 is 0 Å². The van der Waals surface area contributed by atoms with E-state index in [1.54, 1.807) is 6.07 Å². The first-order valence-corrected chi connectivity index (χ1v) is 10.5. The van der Waals surface area contributed by atoms with E-state index in [0.717, 1.165) is 51.9 Å². The number of aromatic hydroxyl groups is 1. The standard InChI is InChI=1S/C24H33NO5/c1-29-24(28)21-17-20(12-13-22(21)26)23(27)18-25-14-6-8-16-30-15-7-5-11-19-9-3-2-4-10-19/h2-4,9-10,12-13,17,23,25-27H,5-8,11,14-16,18H2,1H3/t23-/m0/s1. The molecule has 0 aromatic heterocycles. The Kier molecular flexibility index (Phi) is 10.9. The Bertz CT molecular complexity index is 751. The van der Waals surface area contributed by atoms with Crippen LogP contribution in [0.1, 0.15) is 53.3 Å². The molecule has 0 fully saturated rings. The highest BCUT2D eigenvalue weighted by atomic mass is 16.5. The summed E-state index contributed by atoms with van der Waals surface area (Å²) in [5, 5.41) is 23.2. The molecule has 2 aromatic rings. The quantitative estimate of drug-likeness (QED) is 0.323. The third kappa shape index (κ3) is 8.53. The second-order valence-electron chi connectivity index (χ2n) is 7.25. The Hall–Kier alpha value is -2.41. The van der Waals surface area contributed by atoms with Crippen LogP contribution in [-0.4, -0.2) is 49.6 Å². The normalized spacial score (nSPS) is 11.9. The lowest BCUT2D eigenvalue weighted by molar-refractivity contribution is 0.0597. The van der Waals surface area contributed by atoms with Gasteiger partial charge in [-0.25, -0.2) is 4.79 Å². The van der Waals surface area contributed by atoms with E-state index in [0.29, 0.717) is 12.1 Å². The van der Waals surface area contributed by atoms with Crippen LogP contribution in [-0.2, 0) is 15.9 Å². The van der Waals surface area contributed by atoms with Crippen molar-refractivity contribution in [2.75, 3.05) is 33.4 Å². The first kappa shape index (κ1) is 23.9. The Labute approximate surface area is 178 Å². The maximum atomic E-state index is 11.6. The van der Waals surface area contributed by atoms with Crippen LogP contribution in [0.15, 0.2) is 48.5 Å². The van der Waals surface area contributed by atoms with Gasteiger partial charge < -0.3 is 25.0 Å². The number of phenols is 1. The molecule has 0 saturated heterocycles. The highest BCUT2D eigenvalue weighted by Gasteiger charge is 2.15. The fourth-order valence-corrected chi connectivity index (χ4v) is 3.13. The Balaban J connectivity index is 1.50.